The SMILES string of the molecule is CC1CN(C(=O)c2cnn3ccncc23)CC(C)N1. The lowest BCUT2D eigenvalue weighted by atomic mass is 10.1. The monoisotopic (exact) mass is 259 g/mol. The predicted octanol–water partition coefficient (Wildman–Crippen LogP) is 0.552. The minimum atomic E-state index is 0.0307. The van der Waals surface area contributed by atoms with E-state index in [9.17, 15) is 4.79 Å². The van der Waals surface area contributed by atoms with Crippen molar-refractivity contribution in [2.24, 2.45) is 0 Å². The average Bonchev–Trinajstić information content (AvgIpc) is 2.80. The first-order valence-corrected chi connectivity index (χ1v) is 6.48. The summed E-state index contributed by atoms with van der Waals surface area (Å²) in [7, 11) is 0. The summed E-state index contributed by atoms with van der Waals surface area (Å²) < 4.78 is 1.68. The van der Waals surface area contributed by atoms with Crippen molar-refractivity contribution in [3.05, 3.63) is 30.4 Å². The van der Waals surface area contributed by atoms with Gasteiger partial charge in [0.15, 0.2) is 0 Å². The molecule has 1 amide bonds. The summed E-state index contributed by atoms with van der Waals surface area (Å²) in [5, 5.41) is 7.61. The molecule has 1 saturated heterocycles. The van der Waals surface area contributed by atoms with Gasteiger partial charge in [0.1, 0.15) is 0 Å². The number of hydrogen-bond acceptors (Lipinski definition) is 4. The molecule has 0 bridgehead atoms. The van der Waals surface area contributed by atoms with Gasteiger partial charge in [0.05, 0.1) is 23.5 Å². The molecule has 2 unspecified atom stereocenters. The smallest absolute Gasteiger partial charge is 0.257 e. The van der Waals surface area contributed by atoms with Gasteiger partial charge < -0.3 is 10.2 Å². The molecule has 0 saturated carbocycles. The molecule has 0 spiro atoms. The average molecular weight is 259 g/mol. The number of nitrogens with one attached hydrogen (secondary N) is 1. The van der Waals surface area contributed by atoms with Crippen molar-refractivity contribution < 1.29 is 4.79 Å². The van der Waals surface area contributed by atoms with Gasteiger partial charge in [-0.1, -0.05) is 0 Å². The minimum absolute atomic E-state index is 0.0307. The van der Waals surface area contributed by atoms with Gasteiger partial charge in [-0.05, 0) is 13.8 Å². The molecule has 3 rings (SSSR count). The molecule has 0 aromatic carbocycles. The molecule has 2 aromatic heterocycles. The van der Waals surface area contributed by atoms with E-state index in [1.54, 1.807) is 29.3 Å². The van der Waals surface area contributed by atoms with E-state index in [1.165, 1.54) is 0 Å². The molecule has 0 radical (unpaired) electrons. The Morgan fingerprint density at radius 1 is 1.32 bits per heavy atom. The van der Waals surface area contributed by atoms with E-state index in [-0.39, 0.29) is 5.91 Å². The second-order valence-electron chi connectivity index (χ2n) is 5.14. The van der Waals surface area contributed by atoms with Crippen molar-refractivity contribution >= 4 is 11.4 Å². The highest BCUT2D eigenvalue weighted by Gasteiger charge is 2.27. The third kappa shape index (κ3) is 2.19. The molecular weight excluding hydrogens is 242 g/mol. The second-order valence-corrected chi connectivity index (χ2v) is 5.14. The Bertz CT molecular complexity index is 598. The maximum Gasteiger partial charge on any atom is 0.257 e. The molecule has 3 heterocycles. The van der Waals surface area contributed by atoms with Crippen LogP contribution in [0, 0.1) is 0 Å². The molecule has 100 valence electrons. The van der Waals surface area contributed by atoms with Crippen LogP contribution in [0.15, 0.2) is 24.8 Å². The van der Waals surface area contributed by atoms with Crippen LogP contribution in [-0.2, 0) is 0 Å². The van der Waals surface area contributed by atoms with Crippen LogP contribution in [0.2, 0.25) is 0 Å². The van der Waals surface area contributed by atoms with Crippen LogP contribution in [-0.4, -0.2) is 50.6 Å². The van der Waals surface area contributed by atoms with E-state index in [4.69, 9.17) is 0 Å². The van der Waals surface area contributed by atoms with Crippen LogP contribution in [0.25, 0.3) is 5.52 Å². The normalized spacial score (nSPS) is 23.8. The Morgan fingerprint density at radius 3 is 2.79 bits per heavy atom. The summed E-state index contributed by atoms with van der Waals surface area (Å²) in [6.45, 7) is 5.63. The van der Waals surface area contributed by atoms with Crippen molar-refractivity contribution in [1.82, 2.24) is 24.8 Å². The lowest BCUT2D eigenvalue weighted by molar-refractivity contribution is 0.0675. The molecule has 6 nitrogen and oxygen atoms in total. The number of hydrogen-bond donors (Lipinski definition) is 1. The number of carbonyl (C=O) groups excluding carboxylic acids is 1. The second kappa shape index (κ2) is 4.62. The van der Waals surface area contributed by atoms with Gasteiger partial charge in [0.2, 0.25) is 0 Å². The fraction of sp³-hybridized carbons (Fsp3) is 0.462. The number of amides is 1. The number of carbonyl (C=O) groups is 1. The summed E-state index contributed by atoms with van der Waals surface area (Å²) in [6.07, 6.45) is 6.70. The Kier molecular flexibility index (Phi) is 2.94. The highest BCUT2D eigenvalue weighted by Crippen LogP contribution is 2.14. The Balaban J connectivity index is 1.91. The maximum atomic E-state index is 12.6. The zero-order chi connectivity index (χ0) is 13.4. The highest BCUT2D eigenvalue weighted by atomic mass is 16.2. The predicted molar refractivity (Wildman–Crippen MR) is 71.0 cm³/mol. The maximum absolute atomic E-state index is 12.6. The van der Waals surface area contributed by atoms with Gasteiger partial charge in [0.25, 0.3) is 5.91 Å². The quantitative estimate of drug-likeness (QED) is 0.812. The molecule has 2 aromatic rings. The standard InChI is InChI=1S/C13H17N5O/c1-9-7-17(8-10(2)16-9)13(19)11-5-15-18-4-3-14-6-12(11)18/h3-6,9-10,16H,7-8H2,1-2H3. The van der Waals surface area contributed by atoms with E-state index in [0.29, 0.717) is 17.6 Å². The van der Waals surface area contributed by atoms with Crippen LogP contribution in [0.1, 0.15) is 24.2 Å². The zero-order valence-electron chi connectivity index (χ0n) is 11.1. The van der Waals surface area contributed by atoms with Crippen LogP contribution >= 0.6 is 0 Å². The van der Waals surface area contributed by atoms with E-state index >= 15 is 0 Å². The summed E-state index contributed by atoms with van der Waals surface area (Å²) >= 11 is 0. The first kappa shape index (κ1) is 12.1. The van der Waals surface area contributed by atoms with Gasteiger partial charge in [-0.3, -0.25) is 9.78 Å². The van der Waals surface area contributed by atoms with Gasteiger partial charge in [0, 0.05) is 37.6 Å². The molecule has 1 N–H and O–H groups in total. The number of fused-ring (bicyclic) bond motifs is 1. The molecule has 1 fully saturated rings. The van der Waals surface area contributed by atoms with E-state index in [2.05, 4.69) is 29.2 Å². The Labute approximate surface area is 111 Å². The third-order valence-electron chi connectivity index (χ3n) is 3.40. The van der Waals surface area contributed by atoms with Gasteiger partial charge in [-0.2, -0.15) is 5.10 Å². The molecule has 6 heteroatoms. The molecule has 1 aliphatic rings. The van der Waals surface area contributed by atoms with E-state index < -0.39 is 0 Å². The number of nitrogens with zero attached hydrogens (tertiary/aromatic N) is 4. The van der Waals surface area contributed by atoms with Crippen molar-refractivity contribution in [1.29, 1.82) is 0 Å². The molecule has 1 aliphatic heterocycles. The van der Waals surface area contributed by atoms with Crippen molar-refractivity contribution in [2.45, 2.75) is 25.9 Å². The van der Waals surface area contributed by atoms with Crippen LogP contribution in [0.4, 0.5) is 0 Å². The van der Waals surface area contributed by atoms with E-state index in [1.807, 2.05) is 4.90 Å². The fourth-order valence-corrected chi connectivity index (χ4v) is 2.66. The van der Waals surface area contributed by atoms with Gasteiger partial charge in [-0.25, -0.2) is 4.52 Å². The Morgan fingerprint density at radius 2 is 2.05 bits per heavy atom. The van der Waals surface area contributed by atoms with Crippen molar-refractivity contribution in [2.75, 3.05) is 13.1 Å². The van der Waals surface area contributed by atoms with Crippen LogP contribution < -0.4 is 5.32 Å². The lowest BCUT2D eigenvalue weighted by Gasteiger charge is -2.36. The van der Waals surface area contributed by atoms with Crippen molar-refractivity contribution in [3.63, 3.8) is 0 Å². The summed E-state index contributed by atoms with van der Waals surface area (Å²) in [5.74, 6) is 0.0307. The summed E-state index contributed by atoms with van der Waals surface area (Å²) in [5.41, 5.74) is 1.38. The van der Waals surface area contributed by atoms with Crippen LogP contribution in [0.3, 0.4) is 0 Å². The lowest BCUT2D eigenvalue weighted by Crippen LogP contribution is -2.55. The van der Waals surface area contributed by atoms with E-state index in [0.717, 1.165) is 18.6 Å². The van der Waals surface area contributed by atoms with Crippen molar-refractivity contribution in [3.8, 4) is 0 Å². The Hall–Kier alpha value is -1.95. The van der Waals surface area contributed by atoms with Crippen LogP contribution in [0.5, 0.6) is 0 Å². The number of rotatable bonds is 1. The first-order valence-electron chi connectivity index (χ1n) is 6.48. The van der Waals surface area contributed by atoms with Gasteiger partial charge >= 0.3 is 0 Å². The topological polar surface area (TPSA) is 62.5 Å². The molecule has 2 atom stereocenters. The molecular formula is C13H17N5O. The fourth-order valence-electron chi connectivity index (χ4n) is 2.66. The minimum Gasteiger partial charge on any atom is -0.335 e. The first-order chi connectivity index (χ1) is 9.15. The third-order valence-corrected chi connectivity index (χ3v) is 3.40. The highest BCUT2D eigenvalue weighted by molar-refractivity contribution is 6.00. The summed E-state index contributed by atoms with van der Waals surface area (Å²) in [6, 6.07) is 0.625. The molecule has 0 aliphatic carbocycles. The number of piperazine rings is 1. The number of aromatic nitrogens is 3. The van der Waals surface area contributed by atoms with Gasteiger partial charge in [-0.15, -0.1) is 0 Å². The zero-order valence-corrected chi connectivity index (χ0v) is 11.1. The summed E-state index contributed by atoms with van der Waals surface area (Å²) in [4.78, 5) is 18.5. The largest absolute Gasteiger partial charge is 0.335 e. The molecule has 19 heavy (non-hydrogen) atoms.